The van der Waals surface area contributed by atoms with Crippen molar-refractivity contribution in [3.63, 3.8) is 0 Å². The second-order valence-electron chi connectivity index (χ2n) is 8.34. The highest BCUT2D eigenvalue weighted by atomic mass is 16.2. The second-order valence-corrected chi connectivity index (χ2v) is 8.34. The van der Waals surface area contributed by atoms with Crippen molar-refractivity contribution in [1.82, 2.24) is 10.2 Å². The molecule has 4 rings (SSSR count). The molecule has 2 aliphatic heterocycles. The van der Waals surface area contributed by atoms with Gasteiger partial charge in [-0.1, -0.05) is 25.1 Å². The zero-order chi connectivity index (χ0) is 18.8. The molecule has 2 saturated heterocycles. The summed E-state index contributed by atoms with van der Waals surface area (Å²) in [7, 11) is 0. The van der Waals surface area contributed by atoms with Gasteiger partial charge in [-0.05, 0) is 56.2 Å². The molecule has 0 radical (unpaired) electrons. The van der Waals surface area contributed by atoms with Crippen LogP contribution >= 0.6 is 0 Å². The first-order valence-corrected chi connectivity index (χ1v) is 10.6. The van der Waals surface area contributed by atoms with Gasteiger partial charge in [0.15, 0.2) is 0 Å². The molecule has 1 atom stereocenters. The van der Waals surface area contributed by atoms with E-state index in [1.165, 1.54) is 18.4 Å². The van der Waals surface area contributed by atoms with Crippen LogP contribution in [0.2, 0.25) is 0 Å². The van der Waals surface area contributed by atoms with Gasteiger partial charge in [0.05, 0.1) is 5.92 Å². The molecule has 1 N–H and O–H groups in total. The van der Waals surface area contributed by atoms with Crippen molar-refractivity contribution in [2.24, 2.45) is 11.8 Å². The molecule has 3 fully saturated rings. The Kier molecular flexibility index (Phi) is 5.48. The molecule has 1 saturated carbocycles. The van der Waals surface area contributed by atoms with Crippen LogP contribution in [-0.4, -0.2) is 48.9 Å². The normalized spacial score (nSPS) is 23.9. The molecule has 1 aliphatic carbocycles. The lowest BCUT2D eigenvalue weighted by molar-refractivity contribution is -0.136. The average Bonchev–Trinajstić information content (AvgIpc) is 3.46. The summed E-state index contributed by atoms with van der Waals surface area (Å²) in [4.78, 5) is 29.4. The zero-order valence-corrected chi connectivity index (χ0v) is 16.3. The largest absolute Gasteiger partial charge is 0.342 e. The van der Waals surface area contributed by atoms with Gasteiger partial charge in [0, 0.05) is 37.8 Å². The standard InChI is InChI=1S/C22H31N3O2/c1-2-17-5-3-4-6-20(17)25-15-18(13-21(25)26)22(27)24-11-9-19(10-12-24)23-14-16-7-8-16/h3-6,16,18-19,23H,2,7-15H2,1H3. The van der Waals surface area contributed by atoms with Crippen LogP contribution in [0.3, 0.4) is 0 Å². The van der Waals surface area contributed by atoms with Crippen LogP contribution in [0.1, 0.15) is 44.6 Å². The lowest BCUT2D eigenvalue weighted by Gasteiger charge is -2.34. The van der Waals surface area contributed by atoms with E-state index in [1.807, 2.05) is 28.0 Å². The molecule has 5 heteroatoms. The maximum Gasteiger partial charge on any atom is 0.228 e. The Morgan fingerprint density at radius 1 is 1.15 bits per heavy atom. The van der Waals surface area contributed by atoms with Crippen LogP contribution in [0.25, 0.3) is 0 Å². The Morgan fingerprint density at radius 2 is 1.89 bits per heavy atom. The number of hydrogen-bond donors (Lipinski definition) is 1. The highest BCUT2D eigenvalue weighted by Crippen LogP contribution is 2.30. The number of likely N-dealkylation sites (tertiary alicyclic amines) is 1. The minimum absolute atomic E-state index is 0.0789. The van der Waals surface area contributed by atoms with Crippen molar-refractivity contribution in [1.29, 1.82) is 0 Å². The minimum Gasteiger partial charge on any atom is -0.342 e. The van der Waals surface area contributed by atoms with Crippen LogP contribution in [0.4, 0.5) is 5.69 Å². The number of para-hydroxylation sites is 1. The Hall–Kier alpha value is -1.88. The topological polar surface area (TPSA) is 52.7 Å². The first kappa shape index (κ1) is 18.5. The smallest absolute Gasteiger partial charge is 0.228 e. The number of benzene rings is 1. The quantitative estimate of drug-likeness (QED) is 0.839. The van der Waals surface area contributed by atoms with E-state index >= 15 is 0 Å². The highest BCUT2D eigenvalue weighted by molar-refractivity contribution is 6.00. The van der Waals surface area contributed by atoms with Gasteiger partial charge in [-0.2, -0.15) is 0 Å². The number of aryl methyl sites for hydroxylation is 1. The first-order chi connectivity index (χ1) is 13.2. The Morgan fingerprint density at radius 3 is 2.59 bits per heavy atom. The molecule has 5 nitrogen and oxygen atoms in total. The van der Waals surface area contributed by atoms with Crippen molar-refractivity contribution in [3.05, 3.63) is 29.8 Å². The van der Waals surface area contributed by atoms with Gasteiger partial charge in [0.1, 0.15) is 0 Å². The number of hydrogen-bond acceptors (Lipinski definition) is 3. The van der Waals surface area contributed by atoms with Crippen LogP contribution in [0.15, 0.2) is 24.3 Å². The van der Waals surface area contributed by atoms with E-state index in [0.717, 1.165) is 50.5 Å². The third-order valence-corrected chi connectivity index (χ3v) is 6.34. The van der Waals surface area contributed by atoms with Gasteiger partial charge in [-0.15, -0.1) is 0 Å². The summed E-state index contributed by atoms with van der Waals surface area (Å²) in [5.74, 6) is 0.945. The maximum atomic E-state index is 13.0. The lowest BCUT2D eigenvalue weighted by atomic mass is 10.0. The van der Waals surface area contributed by atoms with Crippen LogP contribution in [0, 0.1) is 11.8 Å². The number of amides is 2. The summed E-state index contributed by atoms with van der Waals surface area (Å²) >= 11 is 0. The van der Waals surface area contributed by atoms with Gasteiger partial charge >= 0.3 is 0 Å². The molecular formula is C22H31N3O2. The average molecular weight is 370 g/mol. The number of anilines is 1. The molecular weight excluding hydrogens is 338 g/mol. The zero-order valence-electron chi connectivity index (χ0n) is 16.3. The predicted molar refractivity (Wildman–Crippen MR) is 107 cm³/mol. The van der Waals surface area contributed by atoms with E-state index in [1.54, 1.807) is 0 Å². The van der Waals surface area contributed by atoms with Crippen molar-refractivity contribution < 1.29 is 9.59 Å². The van der Waals surface area contributed by atoms with Crippen LogP contribution in [-0.2, 0) is 16.0 Å². The van der Waals surface area contributed by atoms with Gasteiger partial charge < -0.3 is 15.1 Å². The number of nitrogens with zero attached hydrogens (tertiary/aromatic N) is 2. The molecule has 0 bridgehead atoms. The van der Waals surface area contributed by atoms with E-state index in [4.69, 9.17) is 0 Å². The second kappa shape index (κ2) is 8.01. The SMILES string of the molecule is CCc1ccccc1N1CC(C(=O)N2CCC(NCC3CC3)CC2)CC1=O. The molecule has 146 valence electrons. The van der Waals surface area contributed by atoms with Crippen molar-refractivity contribution >= 4 is 17.5 Å². The highest BCUT2D eigenvalue weighted by Gasteiger charge is 2.38. The summed E-state index contributed by atoms with van der Waals surface area (Å²) in [6, 6.07) is 8.59. The van der Waals surface area contributed by atoms with Gasteiger partial charge in [-0.3, -0.25) is 9.59 Å². The summed E-state index contributed by atoms with van der Waals surface area (Å²) in [6.45, 7) is 5.40. The molecule has 0 spiro atoms. The minimum atomic E-state index is -0.196. The van der Waals surface area contributed by atoms with Crippen LogP contribution < -0.4 is 10.2 Å². The fourth-order valence-corrected chi connectivity index (χ4v) is 4.40. The molecule has 3 aliphatic rings. The molecule has 0 aromatic heterocycles. The van der Waals surface area contributed by atoms with Gasteiger partial charge in [0.25, 0.3) is 0 Å². The third kappa shape index (κ3) is 4.18. The van der Waals surface area contributed by atoms with E-state index < -0.39 is 0 Å². The monoisotopic (exact) mass is 369 g/mol. The fraction of sp³-hybridized carbons (Fsp3) is 0.636. The summed E-state index contributed by atoms with van der Waals surface area (Å²) in [6.07, 6.45) is 6.04. The maximum absolute atomic E-state index is 13.0. The van der Waals surface area contributed by atoms with Crippen molar-refractivity contribution in [2.45, 2.75) is 51.5 Å². The predicted octanol–water partition coefficient (Wildman–Crippen LogP) is 2.59. The first-order valence-electron chi connectivity index (χ1n) is 10.6. The van der Waals surface area contributed by atoms with Crippen LogP contribution in [0.5, 0.6) is 0 Å². The summed E-state index contributed by atoms with van der Waals surface area (Å²) < 4.78 is 0. The van der Waals surface area contributed by atoms with Gasteiger partial charge in [-0.25, -0.2) is 0 Å². The number of carbonyl (C=O) groups excluding carboxylic acids is 2. The van der Waals surface area contributed by atoms with E-state index in [0.29, 0.717) is 19.0 Å². The summed E-state index contributed by atoms with van der Waals surface area (Å²) in [5, 5.41) is 3.66. The van der Waals surface area contributed by atoms with Gasteiger partial charge in [0.2, 0.25) is 11.8 Å². The lowest BCUT2D eigenvalue weighted by Crippen LogP contribution is -2.47. The third-order valence-electron chi connectivity index (χ3n) is 6.34. The number of piperidine rings is 1. The molecule has 27 heavy (non-hydrogen) atoms. The number of rotatable bonds is 6. The Balaban J connectivity index is 1.32. The number of nitrogens with one attached hydrogen (secondary N) is 1. The Labute approximate surface area is 162 Å². The summed E-state index contributed by atoms with van der Waals surface area (Å²) in [5.41, 5.74) is 2.14. The fourth-order valence-electron chi connectivity index (χ4n) is 4.40. The number of carbonyl (C=O) groups is 2. The van der Waals surface area contributed by atoms with Crippen molar-refractivity contribution in [3.8, 4) is 0 Å². The molecule has 1 unspecified atom stereocenters. The van der Waals surface area contributed by atoms with E-state index in [-0.39, 0.29) is 17.7 Å². The molecule has 2 amide bonds. The van der Waals surface area contributed by atoms with E-state index in [9.17, 15) is 9.59 Å². The molecule has 1 aromatic carbocycles. The molecule has 1 aromatic rings. The Bertz CT molecular complexity index is 693. The van der Waals surface area contributed by atoms with Crippen molar-refractivity contribution in [2.75, 3.05) is 31.1 Å². The molecule has 2 heterocycles. The van der Waals surface area contributed by atoms with E-state index in [2.05, 4.69) is 18.3 Å².